The summed E-state index contributed by atoms with van der Waals surface area (Å²) in [5.41, 5.74) is 4.86. The molecule has 0 radical (unpaired) electrons. The van der Waals surface area contributed by atoms with Crippen molar-refractivity contribution in [2.75, 3.05) is 18.0 Å². The van der Waals surface area contributed by atoms with Gasteiger partial charge < -0.3 is 4.90 Å². The van der Waals surface area contributed by atoms with Crippen LogP contribution in [0.2, 0.25) is 0 Å². The van der Waals surface area contributed by atoms with Crippen LogP contribution < -0.4 is 4.90 Å². The van der Waals surface area contributed by atoms with Crippen LogP contribution in [0.25, 0.3) is 0 Å². The van der Waals surface area contributed by atoms with Crippen LogP contribution in [0.3, 0.4) is 0 Å². The average Bonchev–Trinajstić information content (AvgIpc) is 2.68. The SMILES string of the molecule is CCCN1CC[C@@H]2CCc3cccc1c32. The van der Waals surface area contributed by atoms with Gasteiger partial charge in [-0.3, -0.25) is 0 Å². The van der Waals surface area contributed by atoms with E-state index in [9.17, 15) is 0 Å². The Morgan fingerprint density at radius 3 is 3.13 bits per heavy atom. The molecule has 0 saturated heterocycles. The molecular weight excluding hydrogens is 182 g/mol. The maximum atomic E-state index is 2.58. The molecule has 0 fully saturated rings. The first-order valence-electron chi connectivity index (χ1n) is 6.27. The highest BCUT2D eigenvalue weighted by Crippen LogP contribution is 2.44. The van der Waals surface area contributed by atoms with Crippen LogP contribution in [0.4, 0.5) is 5.69 Å². The molecule has 0 bridgehead atoms. The van der Waals surface area contributed by atoms with Crippen molar-refractivity contribution in [3.05, 3.63) is 29.3 Å². The second kappa shape index (κ2) is 3.55. The Balaban J connectivity index is 2.04. The first-order chi connectivity index (χ1) is 7.40. The van der Waals surface area contributed by atoms with Gasteiger partial charge in [0.2, 0.25) is 0 Å². The fraction of sp³-hybridized carbons (Fsp3) is 0.571. The van der Waals surface area contributed by atoms with Gasteiger partial charge in [0.15, 0.2) is 0 Å². The Morgan fingerprint density at radius 2 is 2.27 bits per heavy atom. The minimum Gasteiger partial charge on any atom is -0.371 e. The van der Waals surface area contributed by atoms with Gasteiger partial charge in [-0.05, 0) is 48.8 Å². The van der Waals surface area contributed by atoms with Crippen molar-refractivity contribution in [3.63, 3.8) is 0 Å². The zero-order chi connectivity index (χ0) is 10.3. The molecule has 1 nitrogen and oxygen atoms in total. The minimum absolute atomic E-state index is 0.879. The van der Waals surface area contributed by atoms with Crippen LogP contribution in [0.15, 0.2) is 18.2 Å². The molecule has 1 heteroatoms. The van der Waals surface area contributed by atoms with E-state index in [-0.39, 0.29) is 0 Å². The lowest BCUT2D eigenvalue weighted by Gasteiger charge is -2.34. The summed E-state index contributed by atoms with van der Waals surface area (Å²) >= 11 is 0. The first-order valence-corrected chi connectivity index (χ1v) is 6.27. The van der Waals surface area contributed by atoms with Gasteiger partial charge in [0.05, 0.1) is 0 Å². The third-order valence-corrected chi connectivity index (χ3v) is 3.93. The molecule has 80 valence electrons. The Labute approximate surface area is 92.1 Å². The molecule has 1 heterocycles. The van der Waals surface area contributed by atoms with Crippen molar-refractivity contribution in [2.24, 2.45) is 0 Å². The van der Waals surface area contributed by atoms with Gasteiger partial charge in [-0.1, -0.05) is 19.1 Å². The number of rotatable bonds is 2. The Kier molecular flexibility index (Phi) is 2.19. The molecule has 3 rings (SSSR count). The van der Waals surface area contributed by atoms with Crippen LogP contribution in [0, 0.1) is 0 Å². The molecule has 0 amide bonds. The summed E-state index contributed by atoms with van der Waals surface area (Å²) in [4.78, 5) is 2.58. The Bertz CT molecular complexity index is 370. The molecule has 1 aromatic rings. The number of nitrogens with zero attached hydrogens (tertiary/aromatic N) is 1. The predicted molar refractivity (Wildman–Crippen MR) is 64.6 cm³/mol. The molecule has 0 aromatic heterocycles. The van der Waals surface area contributed by atoms with E-state index >= 15 is 0 Å². The van der Waals surface area contributed by atoms with Crippen LogP contribution in [0.1, 0.15) is 43.2 Å². The summed E-state index contributed by atoms with van der Waals surface area (Å²) in [7, 11) is 0. The van der Waals surface area contributed by atoms with Crippen molar-refractivity contribution in [1.82, 2.24) is 0 Å². The van der Waals surface area contributed by atoms with Crippen LogP contribution >= 0.6 is 0 Å². The molecule has 2 aliphatic rings. The zero-order valence-electron chi connectivity index (χ0n) is 9.50. The van der Waals surface area contributed by atoms with Crippen molar-refractivity contribution in [1.29, 1.82) is 0 Å². The number of benzene rings is 1. The second-order valence-corrected chi connectivity index (χ2v) is 4.86. The van der Waals surface area contributed by atoms with Gasteiger partial charge in [0, 0.05) is 18.8 Å². The number of hydrogen-bond donors (Lipinski definition) is 0. The summed E-state index contributed by atoms with van der Waals surface area (Å²) in [5, 5.41) is 0. The van der Waals surface area contributed by atoms with E-state index in [1.807, 2.05) is 0 Å². The highest BCUT2D eigenvalue weighted by Gasteiger charge is 2.30. The Morgan fingerprint density at radius 1 is 1.33 bits per heavy atom. The predicted octanol–water partition coefficient (Wildman–Crippen LogP) is 3.34. The van der Waals surface area contributed by atoms with Gasteiger partial charge in [-0.2, -0.15) is 0 Å². The molecule has 1 aliphatic heterocycles. The molecule has 15 heavy (non-hydrogen) atoms. The fourth-order valence-electron chi connectivity index (χ4n) is 3.26. The summed E-state index contributed by atoms with van der Waals surface area (Å²) in [6, 6.07) is 6.89. The lowest BCUT2D eigenvalue weighted by molar-refractivity contribution is 0.572. The van der Waals surface area contributed by atoms with Gasteiger partial charge in [-0.25, -0.2) is 0 Å². The minimum atomic E-state index is 0.879. The van der Waals surface area contributed by atoms with Crippen molar-refractivity contribution >= 4 is 5.69 Å². The molecule has 0 N–H and O–H groups in total. The molecule has 1 aromatic carbocycles. The zero-order valence-corrected chi connectivity index (χ0v) is 9.50. The largest absolute Gasteiger partial charge is 0.371 e. The molecule has 0 unspecified atom stereocenters. The van der Waals surface area contributed by atoms with Crippen molar-refractivity contribution in [3.8, 4) is 0 Å². The molecule has 1 atom stereocenters. The molecule has 1 aliphatic carbocycles. The monoisotopic (exact) mass is 201 g/mol. The standard InChI is InChI=1S/C14H19N/c1-2-9-15-10-8-12-7-6-11-4-3-5-13(15)14(11)12/h3-5,12H,2,6-10H2,1H3/t12-/m0/s1. The summed E-state index contributed by atoms with van der Waals surface area (Å²) < 4.78 is 0. The van der Waals surface area contributed by atoms with Crippen molar-refractivity contribution in [2.45, 2.75) is 38.5 Å². The highest BCUT2D eigenvalue weighted by molar-refractivity contribution is 5.61. The summed E-state index contributed by atoms with van der Waals surface area (Å²) in [5.74, 6) is 0.879. The van der Waals surface area contributed by atoms with Crippen LogP contribution in [-0.4, -0.2) is 13.1 Å². The maximum absolute atomic E-state index is 2.58. The molecule has 0 spiro atoms. The lowest BCUT2D eigenvalue weighted by atomic mass is 9.91. The van der Waals surface area contributed by atoms with E-state index in [1.54, 1.807) is 16.8 Å². The van der Waals surface area contributed by atoms with E-state index in [1.165, 1.54) is 38.8 Å². The van der Waals surface area contributed by atoms with Gasteiger partial charge in [-0.15, -0.1) is 0 Å². The van der Waals surface area contributed by atoms with Crippen LogP contribution in [-0.2, 0) is 6.42 Å². The molecular formula is C14H19N. The van der Waals surface area contributed by atoms with E-state index in [4.69, 9.17) is 0 Å². The van der Waals surface area contributed by atoms with Gasteiger partial charge in [0.1, 0.15) is 0 Å². The number of hydrogen-bond acceptors (Lipinski definition) is 1. The second-order valence-electron chi connectivity index (χ2n) is 4.86. The van der Waals surface area contributed by atoms with Crippen molar-refractivity contribution < 1.29 is 0 Å². The maximum Gasteiger partial charge on any atom is 0.0404 e. The lowest BCUT2D eigenvalue weighted by Crippen LogP contribution is -2.31. The van der Waals surface area contributed by atoms with E-state index in [0.717, 1.165) is 5.92 Å². The third-order valence-electron chi connectivity index (χ3n) is 3.93. The highest BCUT2D eigenvalue weighted by atomic mass is 15.1. The summed E-state index contributed by atoms with van der Waals surface area (Å²) in [6.07, 6.45) is 5.35. The summed E-state index contributed by atoms with van der Waals surface area (Å²) in [6.45, 7) is 4.77. The number of anilines is 1. The van der Waals surface area contributed by atoms with E-state index in [0.29, 0.717) is 0 Å². The van der Waals surface area contributed by atoms with E-state index < -0.39 is 0 Å². The smallest absolute Gasteiger partial charge is 0.0404 e. The van der Waals surface area contributed by atoms with E-state index in [2.05, 4.69) is 30.0 Å². The molecule has 0 saturated carbocycles. The van der Waals surface area contributed by atoms with Gasteiger partial charge >= 0.3 is 0 Å². The first kappa shape index (κ1) is 9.26. The Hall–Kier alpha value is -0.980. The van der Waals surface area contributed by atoms with Crippen LogP contribution in [0.5, 0.6) is 0 Å². The topological polar surface area (TPSA) is 3.24 Å². The quantitative estimate of drug-likeness (QED) is 0.709. The average molecular weight is 201 g/mol. The normalized spacial score (nSPS) is 23.0. The third kappa shape index (κ3) is 1.37. The fourth-order valence-corrected chi connectivity index (χ4v) is 3.26. The number of aryl methyl sites for hydroxylation is 1. The van der Waals surface area contributed by atoms with Gasteiger partial charge in [0.25, 0.3) is 0 Å².